The number of anilines is 2. The second-order valence-electron chi connectivity index (χ2n) is 7.80. The van der Waals surface area contributed by atoms with Gasteiger partial charge in [-0.2, -0.15) is 0 Å². The van der Waals surface area contributed by atoms with Crippen LogP contribution in [0.25, 0.3) is 0 Å². The quantitative estimate of drug-likeness (QED) is 0.736. The van der Waals surface area contributed by atoms with Crippen LogP contribution in [0.4, 0.5) is 16.7 Å². The van der Waals surface area contributed by atoms with Crippen molar-refractivity contribution in [2.75, 3.05) is 36.0 Å². The molecule has 11 heteroatoms. The van der Waals surface area contributed by atoms with Gasteiger partial charge in [-0.3, -0.25) is 0 Å². The molecule has 0 radical (unpaired) electrons. The Bertz CT molecular complexity index is 873. The molecule has 0 bridgehead atoms. The smallest absolute Gasteiger partial charge is 0.407 e. The first-order valence-electron chi connectivity index (χ1n) is 9.54. The van der Waals surface area contributed by atoms with Crippen molar-refractivity contribution in [3.8, 4) is 0 Å². The summed E-state index contributed by atoms with van der Waals surface area (Å²) < 4.78 is 5.20. The number of carbonyl (C=O) groups excluding carboxylic acids is 1. The first kappa shape index (κ1) is 21.2. The number of rotatable bonds is 5. The maximum Gasteiger partial charge on any atom is 0.407 e. The number of carboxylic acid groups (broad SMARTS) is 1. The van der Waals surface area contributed by atoms with Gasteiger partial charge in [0.25, 0.3) is 0 Å². The summed E-state index contributed by atoms with van der Waals surface area (Å²) in [5.41, 5.74) is 0.290. The van der Waals surface area contributed by atoms with Crippen molar-refractivity contribution in [2.24, 2.45) is 0 Å². The largest absolute Gasteiger partial charge is 0.478 e. The molecular weight excluding hydrogens is 390 g/mol. The highest BCUT2D eigenvalue weighted by molar-refractivity contribution is 5.86. The van der Waals surface area contributed by atoms with Gasteiger partial charge in [0.15, 0.2) is 0 Å². The molecule has 30 heavy (non-hydrogen) atoms. The van der Waals surface area contributed by atoms with Crippen molar-refractivity contribution >= 4 is 24.0 Å². The number of nitrogens with one attached hydrogen (secondary N) is 1. The van der Waals surface area contributed by atoms with Crippen molar-refractivity contribution < 1.29 is 19.4 Å². The van der Waals surface area contributed by atoms with Crippen LogP contribution in [-0.2, 0) is 11.3 Å². The lowest BCUT2D eigenvalue weighted by atomic mass is 10.2. The number of hydrogen-bond acceptors (Lipinski definition) is 9. The number of amides is 1. The molecule has 1 fully saturated rings. The average molecular weight is 415 g/mol. The van der Waals surface area contributed by atoms with Gasteiger partial charge < -0.3 is 25.0 Å². The summed E-state index contributed by atoms with van der Waals surface area (Å²) in [7, 11) is 0. The van der Waals surface area contributed by atoms with Gasteiger partial charge in [-0.05, 0) is 20.8 Å². The zero-order chi connectivity index (χ0) is 21.7. The van der Waals surface area contributed by atoms with Gasteiger partial charge in [-0.15, -0.1) is 0 Å². The van der Waals surface area contributed by atoms with Crippen molar-refractivity contribution in [3.63, 3.8) is 0 Å². The van der Waals surface area contributed by atoms with E-state index in [0.717, 1.165) is 5.56 Å². The van der Waals surface area contributed by atoms with Crippen molar-refractivity contribution in [2.45, 2.75) is 32.9 Å². The topological polar surface area (TPSA) is 134 Å². The Balaban J connectivity index is 1.50. The van der Waals surface area contributed by atoms with Crippen LogP contribution in [0.15, 0.2) is 24.8 Å². The molecule has 0 aliphatic carbocycles. The molecule has 0 spiro atoms. The van der Waals surface area contributed by atoms with Crippen LogP contribution in [0.2, 0.25) is 0 Å². The van der Waals surface area contributed by atoms with E-state index in [4.69, 9.17) is 9.84 Å². The Labute approximate surface area is 174 Å². The van der Waals surface area contributed by atoms with Crippen LogP contribution in [-0.4, -0.2) is 68.9 Å². The maximum absolute atomic E-state index is 11.7. The van der Waals surface area contributed by atoms with Gasteiger partial charge >= 0.3 is 12.1 Å². The summed E-state index contributed by atoms with van der Waals surface area (Å²) in [5.74, 6) is 0.0650. The summed E-state index contributed by atoms with van der Waals surface area (Å²) >= 11 is 0. The third-order valence-corrected chi connectivity index (χ3v) is 4.26. The summed E-state index contributed by atoms with van der Waals surface area (Å²) in [6.07, 6.45) is 5.50. The SMILES string of the molecule is CC(C)(C)OC(=O)NCc1cnc(N2CCN(c3ncc(C(=O)O)cn3)CC2)nc1. The van der Waals surface area contributed by atoms with Gasteiger partial charge in [0.2, 0.25) is 11.9 Å². The van der Waals surface area contributed by atoms with Gasteiger partial charge in [-0.25, -0.2) is 29.5 Å². The molecule has 0 unspecified atom stereocenters. The van der Waals surface area contributed by atoms with Crippen molar-refractivity contribution in [1.29, 1.82) is 0 Å². The van der Waals surface area contributed by atoms with Crippen LogP contribution in [0.5, 0.6) is 0 Å². The number of nitrogens with zero attached hydrogens (tertiary/aromatic N) is 6. The molecule has 0 aromatic carbocycles. The van der Waals surface area contributed by atoms with E-state index >= 15 is 0 Å². The number of carbonyl (C=O) groups is 2. The van der Waals surface area contributed by atoms with E-state index in [1.807, 2.05) is 9.80 Å². The highest BCUT2D eigenvalue weighted by Gasteiger charge is 2.21. The number of ether oxygens (including phenoxy) is 1. The van der Waals surface area contributed by atoms with E-state index in [2.05, 4.69) is 25.3 Å². The molecular formula is C19H25N7O4. The van der Waals surface area contributed by atoms with Crippen LogP contribution < -0.4 is 15.1 Å². The van der Waals surface area contributed by atoms with Crippen LogP contribution >= 0.6 is 0 Å². The summed E-state index contributed by atoms with van der Waals surface area (Å²) in [6.45, 7) is 8.39. The van der Waals surface area contributed by atoms with Gasteiger partial charge in [0.05, 0.1) is 5.56 Å². The average Bonchev–Trinajstić information content (AvgIpc) is 2.72. The normalized spacial score (nSPS) is 14.4. The second kappa shape index (κ2) is 8.89. The minimum absolute atomic E-state index is 0.0621. The molecule has 0 atom stereocenters. The lowest BCUT2D eigenvalue weighted by molar-refractivity contribution is 0.0523. The van der Waals surface area contributed by atoms with Crippen molar-refractivity contribution in [3.05, 3.63) is 35.9 Å². The Morgan fingerprint density at radius 3 is 1.87 bits per heavy atom. The fraction of sp³-hybridized carbons (Fsp3) is 0.474. The van der Waals surface area contributed by atoms with Crippen LogP contribution in [0, 0.1) is 0 Å². The summed E-state index contributed by atoms with van der Waals surface area (Å²) in [5, 5.41) is 11.6. The zero-order valence-corrected chi connectivity index (χ0v) is 17.2. The minimum atomic E-state index is -1.05. The molecule has 0 saturated carbocycles. The Morgan fingerprint density at radius 1 is 0.967 bits per heavy atom. The van der Waals surface area contributed by atoms with Crippen LogP contribution in [0.1, 0.15) is 36.7 Å². The van der Waals surface area contributed by atoms with Crippen molar-refractivity contribution in [1.82, 2.24) is 25.3 Å². The Hall–Kier alpha value is -3.50. The van der Waals surface area contributed by atoms with E-state index < -0.39 is 17.7 Å². The van der Waals surface area contributed by atoms with E-state index in [-0.39, 0.29) is 12.1 Å². The van der Waals surface area contributed by atoms with Gasteiger partial charge in [-0.1, -0.05) is 0 Å². The predicted octanol–water partition coefficient (Wildman–Crippen LogP) is 1.32. The molecule has 1 aliphatic heterocycles. The third-order valence-electron chi connectivity index (χ3n) is 4.26. The molecule has 3 rings (SSSR count). The molecule has 2 aromatic heterocycles. The first-order chi connectivity index (χ1) is 14.2. The number of aromatic nitrogens is 4. The lowest BCUT2D eigenvalue weighted by Crippen LogP contribution is -2.47. The summed E-state index contributed by atoms with van der Waals surface area (Å²) in [4.78, 5) is 43.7. The highest BCUT2D eigenvalue weighted by Crippen LogP contribution is 2.15. The molecule has 1 saturated heterocycles. The fourth-order valence-corrected chi connectivity index (χ4v) is 2.79. The van der Waals surface area contributed by atoms with E-state index in [1.165, 1.54) is 12.4 Å². The first-order valence-corrected chi connectivity index (χ1v) is 9.54. The molecule has 2 N–H and O–H groups in total. The van der Waals surface area contributed by atoms with E-state index in [9.17, 15) is 9.59 Å². The fourth-order valence-electron chi connectivity index (χ4n) is 2.79. The number of alkyl carbamates (subject to hydrolysis) is 1. The number of piperazine rings is 1. The van der Waals surface area contributed by atoms with Crippen LogP contribution in [0.3, 0.4) is 0 Å². The minimum Gasteiger partial charge on any atom is -0.478 e. The highest BCUT2D eigenvalue weighted by atomic mass is 16.6. The Morgan fingerprint density at radius 2 is 1.43 bits per heavy atom. The maximum atomic E-state index is 11.7. The number of carboxylic acids is 1. The zero-order valence-electron chi connectivity index (χ0n) is 17.2. The molecule has 160 valence electrons. The molecule has 1 amide bonds. The second-order valence-corrected chi connectivity index (χ2v) is 7.80. The van der Waals surface area contributed by atoms with Gasteiger partial charge in [0.1, 0.15) is 5.60 Å². The molecule has 11 nitrogen and oxygen atoms in total. The predicted molar refractivity (Wildman–Crippen MR) is 109 cm³/mol. The molecule has 2 aromatic rings. The molecule has 3 heterocycles. The lowest BCUT2D eigenvalue weighted by Gasteiger charge is -2.34. The number of hydrogen-bond donors (Lipinski definition) is 2. The molecule has 1 aliphatic rings. The standard InChI is InChI=1S/C19H25N7O4/c1-19(2,3)30-18(29)24-10-13-8-20-16(21-9-13)25-4-6-26(7-5-25)17-22-11-14(12-23-17)15(27)28/h8-9,11-12H,4-7,10H2,1-3H3,(H,24,29)(H,27,28). The van der Waals surface area contributed by atoms with Gasteiger partial charge in [0, 0.05) is 63.1 Å². The monoisotopic (exact) mass is 415 g/mol. The summed E-state index contributed by atoms with van der Waals surface area (Å²) in [6, 6.07) is 0. The van der Waals surface area contributed by atoms with E-state index in [0.29, 0.717) is 38.1 Å². The third kappa shape index (κ3) is 5.75. The number of aromatic carboxylic acids is 1. The Kier molecular flexibility index (Phi) is 6.28. The van der Waals surface area contributed by atoms with E-state index in [1.54, 1.807) is 33.2 Å².